The first-order valence-corrected chi connectivity index (χ1v) is 11.8. The van der Waals surface area contributed by atoms with E-state index in [2.05, 4.69) is 5.32 Å². The summed E-state index contributed by atoms with van der Waals surface area (Å²) in [6, 6.07) is 12.3. The van der Waals surface area contributed by atoms with Crippen LogP contribution in [0.4, 0.5) is 0 Å². The number of ether oxygens (including phenoxy) is 1. The lowest BCUT2D eigenvalue weighted by atomic mass is 9.95. The highest BCUT2D eigenvalue weighted by Gasteiger charge is 2.28. The molecule has 5 nitrogen and oxygen atoms in total. The molecule has 2 amide bonds. The molecule has 1 aliphatic carbocycles. The molecule has 0 radical (unpaired) electrons. The van der Waals surface area contributed by atoms with Gasteiger partial charge in [-0.15, -0.1) is 0 Å². The van der Waals surface area contributed by atoms with Gasteiger partial charge in [0, 0.05) is 17.6 Å². The van der Waals surface area contributed by atoms with Crippen molar-refractivity contribution in [3.05, 3.63) is 63.6 Å². The second-order valence-corrected chi connectivity index (χ2v) is 9.24. The Morgan fingerprint density at radius 1 is 1.12 bits per heavy atom. The number of hydrogen-bond acceptors (Lipinski definition) is 3. The summed E-state index contributed by atoms with van der Waals surface area (Å²) in [5.41, 5.74) is 2.05. The van der Waals surface area contributed by atoms with E-state index in [-0.39, 0.29) is 24.5 Å². The zero-order chi connectivity index (χ0) is 23.1. The Kier molecular flexibility index (Phi) is 8.83. The first-order valence-electron chi connectivity index (χ1n) is 11.1. The number of halogens is 2. The second kappa shape index (κ2) is 11.6. The summed E-state index contributed by atoms with van der Waals surface area (Å²) in [6.07, 6.45) is 5.44. The number of carbonyl (C=O) groups is 2. The number of nitrogens with one attached hydrogen (secondary N) is 1. The topological polar surface area (TPSA) is 58.6 Å². The van der Waals surface area contributed by atoms with E-state index in [1.165, 1.54) is 6.42 Å². The van der Waals surface area contributed by atoms with Gasteiger partial charge in [0.15, 0.2) is 6.61 Å². The van der Waals surface area contributed by atoms with E-state index in [1.807, 2.05) is 31.2 Å². The van der Waals surface area contributed by atoms with E-state index in [1.54, 1.807) is 30.0 Å². The molecular formula is C25H30Cl2N2O3. The Morgan fingerprint density at radius 3 is 2.56 bits per heavy atom. The highest BCUT2D eigenvalue weighted by atomic mass is 35.5. The fraction of sp³-hybridized carbons (Fsp3) is 0.440. The summed E-state index contributed by atoms with van der Waals surface area (Å²) >= 11 is 12.1. The molecule has 7 heteroatoms. The van der Waals surface area contributed by atoms with Gasteiger partial charge in [0.25, 0.3) is 5.91 Å². The molecule has 0 heterocycles. The fourth-order valence-electron chi connectivity index (χ4n) is 3.97. The Balaban J connectivity index is 1.72. The van der Waals surface area contributed by atoms with Crippen LogP contribution in [0.2, 0.25) is 10.0 Å². The van der Waals surface area contributed by atoms with Gasteiger partial charge in [-0.05, 0) is 50.5 Å². The molecule has 32 heavy (non-hydrogen) atoms. The van der Waals surface area contributed by atoms with Crippen molar-refractivity contribution in [2.24, 2.45) is 0 Å². The van der Waals surface area contributed by atoms with Gasteiger partial charge in [0.2, 0.25) is 5.91 Å². The largest absolute Gasteiger partial charge is 0.482 e. The van der Waals surface area contributed by atoms with Crippen LogP contribution in [0.25, 0.3) is 0 Å². The average molecular weight is 477 g/mol. The minimum Gasteiger partial charge on any atom is -0.482 e. The third-order valence-corrected chi connectivity index (χ3v) is 6.33. The second-order valence-electron chi connectivity index (χ2n) is 8.39. The molecule has 3 rings (SSSR count). The van der Waals surface area contributed by atoms with Crippen molar-refractivity contribution in [1.29, 1.82) is 0 Å². The summed E-state index contributed by atoms with van der Waals surface area (Å²) in [5, 5.41) is 3.95. The standard InChI is InChI=1S/C25H30Cl2N2O3/c1-17-7-6-8-19(13-17)15-29(18(2)25(31)28-21-9-4-3-5-10-21)24(30)16-32-23-12-11-20(26)14-22(23)27/h6-8,11-14,18,21H,3-5,9-10,15-16H2,1-2H3,(H,28,31)/t18-/m1/s1. The van der Waals surface area contributed by atoms with Crippen LogP contribution in [0.1, 0.15) is 50.2 Å². The number of rotatable bonds is 8. The molecule has 1 saturated carbocycles. The van der Waals surface area contributed by atoms with Gasteiger partial charge < -0.3 is 15.0 Å². The zero-order valence-corrected chi connectivity index (χ0v) is 20.1. The van der Waals surface area contributed by atoms with Gasteiger partial charge in [0.05, 0.1) is 5.02 Å². The van der Waals surface area contributed by atoms with Gasteiger partial charge in [-0.3, -0.25) is 9.59 Å². The SMILES string of the molecule is Cc1cccc(CN(C(=O)COc2ccc(Cl)cc2Cl)[C@H](C)C(=O)NC2CCCCC2)c1. The van der Waals surface area contributed by atoms with Crippen LogP contribution in [-0.4, -0.2) is 35.4 Å². The molecule has 1 aliphatic rings. The van der Waals surface area contributed by atoms with Crippen molar-refractivity contribution in [2.75, 3.05) is 6.61 Å². The van der Waals surface area contributed by atoms with Crippen LogP contribution in [0.15, 0.2) is 42.5 Å². The number of aryl methyl sites for hydroxylation is 1. The highest BCUT2D eigenvalue weighted by Crippen LogP contribution is 2.27. The third-order valence-electron chi connectivity index (χ3n) is 5.80. The predicted molar refractivity (Wildman–Crippen MR) is 128 cm³/mol. The van der Waals surface area contributed by atoms with Gasteiger partial charge in [-0.1, -0.05) is 72.3 Å². The molecule has 0 spiro atoms. The normalized spacial score (nSPS) is 15.1. The maximum atomic E-state index is 13.2. The van der Waals surface area contributed by atoms with Crippen molar-refractivity contribution in [1.82, 2.24) is 10.2 Å². The quantitative estimate of drug-likeness (QED) is 0.543. The minimum absolute atomic E-state index is 0.137. The van der Waals surface area contributed by atoms with Gasteiger partial charge in [-0.2, -0.15) is 0 Å². The van der Waals surface area contributed by atoms with Crippen LogP contribution in [0, 0.1) is 6.92 Å². The molecule has 2 aromatic rings. The molecular weight excluding hydrogens is 447 g/mol. The lowest BCUT2D eigenvalue weighted by Gasteiger charge is -2.31. The molecule has 1 atom stereocenters. The first kappa shape index (κ1) is 24.4. The molecule has 1 fully saturated rings. The monoisotopic (exact) mass is 476 g/mol. The van der Waals surface area contributed by atoms with Crippen LogP contribution in [0.5, 0.6) is 5.75 Å². The number of hydrogen-bond donors (Lipinski definition) is 1. The maximum Gasteiger partial charge on any atom is 0.261 e. The number of benzene rings is 2. The van der Waals surface area contributed by atoms with Gasteiger partial charge in [-0.25, -0.2) is 0 Å². The first-order chi connectivity index (χ1) is 15.3. The van der Waals surface area contributed by atoms with Crippen LogP contribution in [0.3, 0.4) is 0 Å². The summed E-state index contributed by atoms with van der Waals surface area (Å²) in [6.45, 7) is 3.85. The van der Waals surface area contributed by atoms with E-state index in [0.29, 0.717) is 22.3 Å². The van der Waals surface area contributed by atoms with Crippen LogP contribution >= 0.6 is 23.2 Å². The molecule has 0 bridgehead atoms. The molecule has 0 unspecified atom stereocenters. The third kappa shape index (κ3) is 6.88. The minimum atomic E-state index is -0.630. The number of carbonyl (C=O) groups excluding carboxylic acids is 2. The summed E-state index contributed by atoms with van der Waals surface area (Å²) in [5.74, 6) is -0.0505. The van der Waals surface area contributed by atoms with E-state index in [4.69, 9.17) is 27.9 Å². The molecule has 0 aromatic heterocycles. The van der Waals surface area contributed by atoms with E-state index in [9.17, 15) is 9.59 Å². The number of amides is 2. The van der Waals surface area contributed by atoms with Crippen molar-refractivity contribution >= 4 is 35.0 Å². The average Bonchev–Trinajstić information content (AvgIpc) is 2.77. The van der Waals surface area contributed by atoms with Crippen molar-refractivity contribution < 1.29 is 14.3 Å². The van der Waals surface area contributed by atoms with Gasteiger partial charge in [0.1, 0.15) is 11.8 Å². The van der Waals surface area contributed by atoms with E-state index < -0.39 is 6.04 Å². The molecule has 0 saturated heterocycles. The lowest BCUT2D eigenvalue weighted by Crippen LogP contribution is -2.51. The Bertz CT molecular complexity index is 945. The van der Waals surface area contributed by atoms with Crippen LogP contribution < -0.4 is 10.1 Å². The molecule has 1 N–H and O–H groups in total. The Morgan fingerprint density at radius 2 is 1.88 bits per heavy atom. The Hall–Kier alpha value is -2.24. The lowest BCUT2D eigenvalue weighted by molar-refractivity contribution is -0.142. The smallest absolute Gasteiger partial charge is 0.261 e. The zero-order valence-electron chi connectivity index (χ0n) is 18.6. The highest BCUT2D eigenvalue weighted by molar-refractivity contribution is 6.35. The van der Waals surface area contributed by atoms with Crippen molar-refractivity contribution in [2.45, 2.75) is 64.6 Å². The summed E-state index contributed by atoms with van der Waals surface area (Å²) in [4.78, 5) is 27.7. The molecule has 172 valence electrons. The Labute approximate surface area is 200 Å². The molecule has 0 aliphatic heterocycles. The predicted octanol–water partition coefficient (Wildman–Crippen LogP) is 5.55. The van der Waals surface area contributed by atoms with E-state index in [0.717, 1.165) is 36.8 Å². The fourth-order valence-corrected chi connectivity index (χ4v) is 4.44. The van der Waals surface area contributed by atoms with Gasteiger partial charge >= 0.3 is 0 Å². The summed E-state index contributed by atoms with van der Waals surface area (Å²) < 4.78 is 5.66. The van der Waals surface area contributed by atoms with Crippen molar-refractivity contribution in [3.63, 3.8) is 0 Å². The van der Waals surface area contributed by atoms with Crippen molar-refractivity contribution in [3.8, 4) is 5.75 Å². The maximum absolute atomic E-state index is 13.2. The summed E-state index contributed by atoms with van der Waals surface area (Å²) in [7, 11) is 0. The number of nitrogens with zero attached hydrogens (tertiary/aromatic N) is 1. The molecule has 2 aromatic carbocycles. The van der Waals surface area contributed by atoms with Crippen LogP contribution in [-0.2, 0) is 16.1 Å². The van der Waals surface area contributed by atoms with E-state index >= 15 is 0 Å².